The van der Waals surface area contributed by atoms with E-state index in [0.717, 1.165) is 25.9 Å². The molecule has 6 nitrogen and oxygen atoms in total. The molecule has 0 aromatic carbocycles. The van der Waals surface area contributed by atoms with Gasteiger partial charge in [-0.05, 0) is 25.9 Å². The van der Waals surface area contributed by atoms with Crippen LogP contribution in [0.4, 0.5) is 0 Å². The van der Waals surface area contributed by atoms with Crippen LogP contribution in [0.2, 0.25) is 0 Å². The van der Waals surface area contributed by atoms with Gasteiger partial charge in [0.2, 0.25) is 11.7 Å². The van der Waals surface area contributed by atoms with Crippen LogP contribution in [0.3, 0.4) is 0 Å². The van der Waals surface area contributed by atoms with Gasteiger partial charge in [0.05, 0.1) is 13.2 Å². The molecule has 98 valence electrons. The van der Waals surface area contributed by atoms with E-state index in [-0.39, 0.29) is 30.1 Å². The zero-order valence-corrected chi connectivity index (χ0v) is 10.4. The fraction of sp³-hybridized carbons (Fsp3) is 0.583. The van der Waals surface area contributed by atoms with Gasteiger partial charge in [-0.15, -0.1) is 0 Å². The molecule has 0 amide bonds. The van der Waals surface area contributed by atoms with Crippen molar-refractivity contribution in [3.8, 4) is 5.88 Å². The first-order chi connectivity index (χ1) is 8.81. The average molecular weight is 251 g/mol. The Morgan fingerprint density at radius 1 is 1.39 bits per heavy atom. The molecule has 0 radical (unpaired) electrons. The molecule has 0 aliphatic carbocycles. The van der Waals surface area contributed by atoms with Crippen molar-refractivity contribution in [2.24, 2.45) is 0 Å². The zero-order valence-electron chi connectivity index (χ0n) is 10.4. The van der Waals surface area contributed by atoms with Crippen LogP contribution < -0.4 is 10.1 Å². The summed E-state index contributed by atoms with van der Waals surface area (Å²) in [4.78, 5) is 19.9. The van der Waals surface area contributed by atoms with Gasteiger partial charge in [-0.2, -0.15) is 0 Å². The third-order valence-electron chi connectivity index (χ3n) is 2.86. The van der Waals surface area contributed by atoms with Gasteiger partial charge in [0.25, 0.3) is 0 Å². The maximum absolute atomic E-state index is 11.9. The third kappa shape index (κ3) is 3.24. The molecular formula is C12H17N3O3. The van der Waals surface area contributed by atoms with Gasteiger partial charge in [0.1, 0.15) is 6.61 Å². The summed E-state index contributed by atoms with van der Waals surface area (Å²) in [6, 6.07) is 0. The number of carbonyl (C=O) groups excluding carboxylic acids is 1. The molecule has 1 aromatic heterocycles. The van der Waals surface area contributed by atoms with Crippen molar-refractivity contribution in [3.63, 3.8) is 0 Å². The second kappa shape index (κ2) is 6.42. The largest absolute Gasteiger partial charge is 0.479 e. The van der Waals surface area contributed by atoms with E-state index < -0.39 is 0 Å². The number of piperidine rings is 1. The smallest absolute Gasteiger partial charge is 0.243 e. The predicted octanol–water partition coefficient (Wildman–Crippen LogP) is 0.436. The lowest BCUT2D eigenvalue weighted by atomic mass is 10.1. The van der Waals surface area contributed by atoms with Crippen LogP contribution >= 0.6 is 0 Å². The molecule has 6 heteroatoms. The minimum absolute atomic E-state index is 0.0275. The van der Waals surface area contributed by atoms with Gasteiger partial charge in [0.15, 0.2) is 5.69 Å². The summed E-state index contributed by atoms with van der Waals surface area (Å²) in [7, 11) is 1.47. The van der Waals surface area contributed by atoms with E-state index >= 15 is 0 Å². The molecule has 0 bridgehead atoms. The van der Waals surface area contributed by atoms with E-state index in [0.29, 0.717) is 0 Å². The van der Waals surface area contributed by atoms with Gasteiger partial charge in [-0.1, -0.05) is 0 Å². The Balaban J connectivity index is 1.90. The number of carbonyl (C=O) groups is 1. The summed E-state index contributed by atoms with van der Waals surface area (Å²) in [5, 5.41) is 3.25. The van der Waals surface area contributed by atoms with Gasteiger partial charge in [0, 0.05) is 12.4 Å². The highest BCUT2D eigenvalue weighted by molar-refractivity contribution is 5.97. The first-order valence-electron chi connectivity index (χ1n) is 6.01. The number of ether oxygens (including phenoxy) is 2. The highest BCUT2D eigenvalue weighted by Crippen LogP contribution is 2.13. The molecule has 1 aliphatic heterocycles. The van der Waals surface area contributed by atoms with Gasteiger partial charge in [-0.25, -0.2) is 9.97 Å². The van der Waals surface area contributed by atoms with Crippen LogP contribution in [-0.4, -0.2) is 48.7 Å². The van der Waals surface area contributed by atoms with E-state index in [4.69, 9.17) is 9.47 Å². The van der Waals surface area contributed by atoms with Crippen LogP contribution in [0, 0.1) is 0 Å². The van der Waals surface area contributed by atoms with Crippen molar-refractivity contribution in [1.82, 2.24) is 15.3 Å². The van der Waals surface area contributed by atoms with Gasteiger partial charge >= 0.3 is 0 Å². The predicted molar refractivity (Wildman–Crippen MR) is 64.8 cm³/mol. The number of nitrogens with zero attached hydrogens (tertiary/aromatic N) is 2. The Morgan fingerprint density at radius 3 is 2.83 bits per heavy atom. The molecule has 18 heavy (non-hydrogen) atoms. The lowest BCUT2D eigenvalue weighted by Crippen LogP contribution is -2.33. The fourth-order valence-corrected chi connectivity index (χ4v) is 1.89. The van der Waals surface area contributed by atoms with Crippen molar-refractivity contribution in [1.29, 1.82) is 0 Å². The third-order valence-corrected chi connectivity index (χ3v) is 2.86. The first-order valence-corrected chi connectivity index (χ1v) is 6.01. The van der Waals surface area contributed by atoms with Crippen LogP contribution in [-0.2, 0) is 4.74 Å². The molecular weight excluding hydrogens is 234 g/mol. The van der Waals surface area contributed by atoms with Crippen molar-refractivity contribution >= 4 is 5.78 Å². The summed E-state index contributed by atoms with van der Waals surface area (Å²) in [6.07, 6.45) is 4.98. The van der Waals surface area contributed by atoms with E-state index in [2.05, 4.69) is 15.3 Å². The lowest BCUT2D eigenvalue weighted by molar-refractivity contribution is 0.0313. The molecule has 0 saturated carbocycles. The quantitative estimate of drug-likeness (QED) is 0.765. The van der Waals surface area contributed by atoms with E-state index in [1.54, 1.807) is 0 Å². The number of rotatable bonds is 5. The minimum atomic E-state index is -0.196. The molecule has 2 heterocycles. The normalized spacial score (nSPS) is 16.5. The minimum Gasteiger partial charge on any atom is -0.479 e. The SMILES string of the molecule is COc1nccnc1C(=O)COC1CCNCC1. The number of nitrogens with one attached hydrogen (secondary N) is 1. The van der Waals surface area contributed by atoms with Crippen molar-refractivity contribution in [3.05, 3.63) is 18.1 Å². The molecule has 0 spiro atoms. The van der Waals surface area contributed by atoms with E-state index in [1.165, 1.54) is 19.5 Å². The summed E-state index contributed by atoms with van der Waals surface area (Å²) in [5.74, 6) is 0.0508. The van der Waals surface area contributed by atoms with Crippen LogP contribution in [0.25, 0.3) is 0 Å². The molecule has 0 unspecified atom stereocenters. The number of ketones is 1. The Bertz CT molecular complexity index is 405. The molecule has 1 aromatic rings. The Hall–Kier alpha value is -1.53. The summed E-state index contributed by atoms with van der Waals surface area (Å²) >= 11 is 0. The van der Waals surface area contributed by atoms with Gasteiger partial charge in [-0.3, -0.25) is 4.79 Å². The second-order valence-corrected chi connectivity index (χ2v) is 4.10. The van der Waals surface area contributed by atoms with Crippen molar-refractivity contribution in [2.75, 3.05) is 26.8 Å². The van der Waals surface area contributed by atoms with E-state index in [1.807, 2.05) is 0 Å². The highest BCUT2D eigenvalue weighted by atomic mass is 16.5. The van der Waals surface area contributed by atoms with E-state index in [9.17, 15) is 4.79 Å². The van der Waals surface area contributed by atoms with Crippen molar-refractivity contribution in [2.45, 2.75) is 18.9 Å². The fourth-order valence-electron chi connectivity index (χ4n) is 1.89. The Morgan fingerprint density at radius 2 is 2.11 bits per heavy atom. The molecule has 1 fully saturated rings. The number of Topliss-reactive ketones (excluding diaryl/α,β-unsaturated/α-hetero) is 1. The number of methoxy groups -OCH3 is 1. The Kier molecular flexibility index (Phi) is 4.60. The molecule has 2 rings (SSSR count). The second-order valence-electron chi connectivity index (χ2n) is 4.10. The number of hydrogen-bond acceptors (Lipinski definition) is 6. The molecule has 1 N–H and O–H groups in total. The Labute approximate surface area is 106 Å². The summed E-state index contributed by atoms with van der Waals surface area (Å²) in [5.41, 5.74) is 0.230. The van der Waals surface area contributed by atoms with Crippen LogP contribution in [0.1, 0.15) is 23.3 Å². The highest BCUT2D eigenvalue weighted by Gasteiger charge is 2.19. The van der Waals surface area contributed by atoms with Crippen LogP contribution in [0.15, 0.2) is 12.4 Å². The molecule has 0 atom stereocenters. The topological polar surface area (TPSA) is 73.3 Å². The van der Waals surface area contributed by atoms with Gasteiger partial charge < -0.3 is 14.8 Å². The average Bonchev–Trinajstić information content (AvgIpc) is 2.45. The summed E-state index contributed by atoms with van der Waals surface area (Å²) < 4.78 is 10.6. The molecule has 1 saturated heterocycles. The monoisotopic (exact) mass is 251 g/mol. The maximum Gasteiger partial charge on any atom is 0.243 e. The molecule has 1 aliphatic rings. The number of aromatic nitrogens is 2. The maximum atomic E-state index is 11.9. The van der Waals surface area contributed by atoms with Crippen molar-refractivity contribution < 1.29 is 14.3 Å². The number of hydrogen-bond donors (Lipinski definition) is 1. The zero-order chi connectivity index (χ0) is 12.8. The first kappa shape index (κ1) is 12.9. The lowest BCUT2D eigenvalue weighted by Gasteiger charge is -2.22. The standard InChI is InChI=1S/C12H17N3O3/c1-17-12-11(14-6-7-15-12)10(16)8-18-9-2-4-13-5-3-9/h6-7,9,13H,2-5,8H2,1H3. The van der Waals surface area contributed by atoms with Crippen LogP contribution in [0.5, 0.6) is 5.88 Å². The summed E-state index contributed by atoms with van der Waals surface area (Å²) in [6.45, 7) is 1.90.